The summed E-state index contributed by atoms with van der Waals surface area (Å²) in [6.07, 6.45) is 0.0394. The lowest BCUT2D eigenvalue weighted by Crippen LogP contribution is -2.44. The highest BCUT2D eigenvalue weighted by Gasteiger charge is 2.35. The largest absolute Gasteiger partial charge is 0.465 e. The molecule has 1 fully saturated rings. The Kier molecular flexibility index (Phi) is 6.00. The van der Waals surface area contributed by atoms with Crippen LogP contribution in [0, 0.1) is 0 Å². The summed E-state index contributed by atoms with van der Waals surface area (Å²) in [6, 6.07) is 8.43. The van der Waals surface area contributed by atoms with Crippen LogP contribution in [-0.2, 0) is 19.3 Å². The Hall–Kier alpha value is -2.72. The highest BCUT2D eigenvalue weighted by atomic mass is 32.2. The zero-order valence-electron chi connectivity index (χ0n) is 17.4. The van der Waals surface area contributed by atoms with Crippen molar-refractivity contribution in [2.75, 3.05) is 36.2 Å². The van der Waals surface area contributed by atoms with E-state index in [0.717, 1.165) is 0 Å². The summed E-state index contributed by atoms with van der Waals surface area (Å²) in [7, 11) is -3.44. The third-order valence-corrected chi connectivity index (χ3v) is 7.38. The summed E-state index contributed by atoms with van der Waals surface area (Å²) in [5, 5.41) is 11.1. The maximum atomic E-state index is 12.4. The van der Waals surface area contributed by atoms with Crippen LogP contribution in [0.1, 0.15) is 26.5 Å². The minimum absolute atomic E-state index is 0.0813. The fourth-order valence-electron chi connectivity index (χ4n) is 3.10. The molecule has 0 saturated carbocycles. The van der Waals surface area contributed by atoms with Gasteiger partial charge in [-0.3, -0.25) is 5.32 Å². The van der Waals surface area contributed by atoms with Crippen molar-refractivity contribution in [3.63, 3.8) is 0 Å². The van der Waals surface area contributed by atoms with Crippen molar-refractivity contribution in [3.05, 3.63) is 36.0 Å². The molecule has 9 nitrogen and oxygen atoms in total. The number of amides is 1. The van der Waals surface area contributed by atoms with Crippen molar-refractivity contribution in [2.24, 2.45) is 0 Å². The Morgan fingerprint density at radius 1 is 1.27 bits per heavy atom. The molecular formula is C20H26N4O5S. The number of ether oxygens (including phenoxy) is 1. The Bertz CT molecular complexity index is 1040. The number of carboxylic acid groups (broad SMARTS) is 1. The van der Waals surface area contributed by atoms with Gasteiger partial charge in [0.15, 0.2) is 15.7 Å². The number of nitrogens with zero attached hydrogens (tertiary/aromatic N) is 3. The van der Waals surface area contributed by atoms with E-state index in [1.807, 2.05) is 6.92 Å². The predicted octanol–water partition coefficient (Wildman–Crippen LogP) is 2.74. The van der Waals surface area contributed by atoms with Gasteiger partial charge in [0, 0.05) is 30.1 Å². The predicted molar refractivity (Wildman–Crippen MR) is 115 cm³/mol. The Labute approximate surface area is 176 Å². The summed E-state index contributed by atoms with van der Waals surface area (Å²) >= 11 is 0. The summed E-state index contributed by atoms with van der Waals surface area (Å²) in [4.78, 5) is 22.2. The number of sulfone groups is 1. The van der Waals surface area contributed by atoms with E-state index >= 15 is 0 Å². The minimum Gasteiger partial charge on any atom is -0.465 e. The molecule has 1 aliphatic heterocycles. The molecule has 1 amide bonds. The molecule has 2 aromatic rings. The Balaban J connectivity index is 2.11. The van der Waals surface area contributed by atoms with Crippen LogP contribution in [0.4, 0.5) is 16.3 Å². The number of hydrogen-bond acceptors (Lipinski definition) is 7. The first-order valence-electron chi connectivity index (χ1n) is 9.53. The molecule has 1 aliphatic rings. The first-order chi connectivity index (χ1) is 14.0. The first kappa shape index (κ1) is 22.0. The third-order valence-electron chi connectivity index (χ3n) is 5.31. The van der Waals surface area contributed by atoms with E-state index in [9.17, 15) is 13.2 Å². The second kappa shape index (κ2) is 8.19. The van der Waals surface area contributed by atoms with Gasteiger partial charge in [-0.25, -0.2) is 23.2 Å². The standard InChI is InChI=1S/C20H26N4O5S/c1-13-12-29-10-9-24(13)17-11-16(20(2,3)30(4,27)28)22-18(23-17)14-5-7-15(8-6-14)21-19(25)26/h5-8,11,13,21H,9-10,12H2,1-4H3,(H,25,26)/t13-/m0/s1. The van der Waals surface area contributed by atoms with Gasteiger partial charge in [-0.15, -0.1) is 0 Å². The maximum absolute atomic E-state index is 12.4. The molecule has 0 aliphatic carbocycles. The quantitative estimate of drug-likeness (QED) is 0.737. The molecular weight excluding hydrogens is 408 g/mol. The molecule has 1 aromatic heterocycles. The van der Waals surface area contributed by atoms with E-state index in [-0.39, 0.29) is 6.04 Å². The molecule has 30 heavy (non-hydrogen) atoms. The van der Waals surface area contributed by atoms with Gasteiger partial charge in [-0.05, 0) is 45.0 Å². The van der Waals surface area contributed by atoms with Crippen LogP contribution >= 0.6 is 0 Å². The third kappa shape index (κ3) is 4.54. The number of anilines is 2. The van der Waals surface area contributed by atoms with Crippen LogP contribution in [0.2, 0.25) is 0 Å². The van der Waals surface area contributed by atoms with Crippen molar-refractivity contribution in [1.29, 1.82) is 0 Å². The molecule has 2 N–H and O–H groups in total. The first-order valence-corrected chi connectivity index (χ1v) is 11.4. The molecule has 2 heterocycles. The van der Waals surface area contributed by atoms with Crippen LogP contribution in [-0.4, -0.2) is 61.6 Å². The average molecular weight is 435 g/mol. The van der Waals surface area contributed by atoms with Gasteiger partial charge in [0.25, 0.3) is 0 Å². The molecule has 1 atom stereocenters. The number of nitrogens with one attached hydrogen (secondary N) is 1. The minimum atomic E-state index is -3.44. The van der Waals surface area contributed by atoms with Gasteiger partial charge in [0.1, 0.15) is 10.6 Å². The van der Waals surface area contributed by atoms with E-state index in [1.54, 1.807) is 44.2 Å². The second-order valence-electron chi connectivity index (χ2n) is 7.84. The summed E-state index contributed by atoms with van der Waals surface area (Å²) in [5.41, 5.74) is 1.47. The van der Waals surface area contributed by atoms with Crippen molar-refractivity contribution >= 4 is 27.4 Å². The van der Waals surface area contributed by atoms with Gasteiger partial charge < -0.3 is 14.7 Å². The van der Waals surface area contributed by atoms with E-state index in [0.29, 0.717) is 48.3 Å². The molecule has 162 valence electrons. The van der Waals surface area contributed by atoms with Gasteiger partial charge in [0.05, 0.1) is 24.9 Å². The van der Waals surface area contributed by atoms with Crippen molar-refractivity contribution < 1.29 is 23.1 Å². The Morgan fingerprint density at radius 3 is 2.50 bits per heavy atom. The lowest BCUT2D eigenvalue weighted by Gasteiger charge is -2.35. The van der Waals surface area contributed by atoms with E-state index in [2.05, 4.69) is 15.2 Å². The zero-order chi connectivity index (χ0) is 22.1. The molecule has 3 rings (SSSR count). The van der Waals surface area contributed by atoms with Crippen LogP contribution < -0.4 is 10.2 Å². The molecule has 1 aromatic carbocycles. The highest BCUT2D eigenvalue weighted by molar-refractivity contribution is 7.91. The van der Waals surface area contributed by atoms with E-state index < -0.39 is 20.7 Å². The fourth-order valence-corrected chi connectivity index (χ4v) is 3.59. The van der Waals surface area contributed by atoms with Crippen LogP contribution in [0.3, 0.4) is 0 Å². The zero-order valence-corrected chi connectivity index (χ0v) is 18.2. The van der Waals surface area contributed by atoms with Gasteiger partial charge in [-0.1, -0.05) is 0 Å². The average Bonchev–Trinajstić information content (AvgIpc) is 2.67. The number of hydrogen-bond donors (Lipinski definition) is 2. The molecule has 0 spiro atoms. The van der Waals surface area contributed by atoms with Crippen molar-refractivity contribution in [2.45, 2.75) is 31.6 Å². The van der Waals surface area contributed by atoms with Crippen molar-refractivity contribution in [1.82, 2.24) is 9.97 Å². The second-order valence-corrected chi connectivity index (χ2v) is 10.4. The lowest BCUT2D eigenvalue weighted by atomic mass is 10.1. The molecule has 0 bridgehead atoms. The summed E-state index contributed by atoms with van der Waals surface area (Å²) in [6.45, 7) is 7.03. The van der Waals surface area contributed by atoms with Crippen molar-refractivity contribution in [3.8, 4) is 11.4 Å². The number of aromatic nitrogens is 2. The van der Waals surface area contributed by atoms with Gasteiger partial charge in [0.2, 0.25) is 0 Å². The molecule has 0 radical (unpaired) electrons. The molecule has 0 unspecified atom stereocenters. The van der Waals surface area contributed by atoms with Gasteiger partial charge >= 0.3 is 6.09 Å². The number of rotatable bonds is 5. The van der Waals surface area contributed by atoms with Crippen LogP contribution in [0.15, 0.2) is 30.3 Å². The number of benzene rings is 1. The Morgan fingerprint density at radius 2 is 1.93 bits per heavy atom. The summed E-state index contributed by atoms with van der Waals surface area (Å²) < 4.78 is 29.2. The monoisotopic (exact) mass is 434 g/mol. The SMILES string of the molecule is C[C@H]1COCCN1c1cc(C(C)(C)S(C)(=O)=O)nc(-c2ccc(NC(=O)O)cc2)n1. The topological polar surface area (TPSA) is 122 Å². The normalized spacial score (nSPS) is 17.6. The van der Waals surface area contributed by atoms with E-state index in [4.69, 9.17) is 14.8 Å². The fraction of sp³-hybridized carbons (Fsp3) is 0.450. The van der Waals surface area contributed by atoms with Gasteiger partial charge in [-0.2, -0.15) is 0 Å². The maximum Gasteiger partial charge on any atom is 0.409 e. The van der Waals surface area contributed by atoms with E-state index in [1.165, 1.54) is 6.26 Å². The number of morpholine rings is 1. The smallest absolute Gasteiger partial charge is 0.409 e. The summed E-state index contributed by atoms with van der Waals surface area (Å²) in [5.74, 6) is 1.01. The van der Waals surface area contributed by atoms with Crippen LogP contribution in [0.5, 0.6) is 0 Å². The number of carbonyl (C=O) groups is 1. The lowest BCUT2D eigenvalue weighted by molar-refractivity contribution is 0.0985. The highest BCUT2D eigenvalue weighted by Crippen LogP contribution is 2.32. The molecule has 1 saturated heterocycles. The van der Waals surface area contributed by atoms with Crippen LogP contribution in [0.25, 0.3) is 11.4 Å². The molecule has 10 heteroatoms.